The lowest BCUT2D eigenvalue weighted by atomic mass is 10.1. The summed E-state index contributed by atoms with van der Waals surface area (Å²) in [6.07, 6.45) is 6.97. The van der Waals surface area contributed by atoms with E-state index in [2.05, 4.69) is 33.9 Å². The fourth-order valence-electron chi connectivity index (χ4n) is 3.70. The molecule has 1 N–H and O–H groups in total. The van der Waals surface area contributed by atoms with E-state index in [1.807, 2.05) is 6.20 Å². The predicted octanol–water partition coefficient (Wildman–Crippen LogP) is 3.00. The van der Waals surface area contributed by atoms with Crippen molar-refractivity contribution in [2.75, 3.05) is 45.8 Å². The fraction of sp³-hybridized carbons (Fsp3) is 0.778. The number of thiazole rings is 1. The van der Waals surface area contributed by atoms with E-state index in [0.29, 0.717) is 0 Å². The maximum atomic E-state index is 4.85. The summed E-state index contributed by atoms with van der Waals surface area (Å²) in [4.78, 5) is 15.7. The van der Waals surface area contributed by atoms with E-state index in [4.69, 9.17) is 4.99 Å². The van der Waals surface area contributed by atoms with Gasteiger partial charge in [0.05, 0.1) is 5.01 Å². The minimum Gasteiger partial charge on any atom is -0.357 e. The summed E-state index contributed by atoms with van der Waals surface area (Å²) < 4.78 is 0. The minimum absolute atomic E-state index is 0. The molecule has 2 aliphatic heterocycles. The lowest BCUT2D eigenvalue weighted by molar-refractivity contribution is 0.281. The zero-order valence-corrected chi connectivity index (χ0v) is 18.7. The second kappa shape index (κ2) is 10.7. The minimum atomic E-state index is 0. The molecular weight excluding hydrogens is 445 g/mol. The summed E-state index contributed by atoms with van der Waals surface area (Å²) in [6.45, 7) is 12.2. The first kappa shape index (κ1) is 20.9. The Bertz CT molecular complexity index is 541. The van der Waals surface area contributed by atoms with E-state index in [9.17, 15) is 0 Å². The summed E-state index contributed by atoms with van der Waals surface area (Å²) in [6, 6.07) is 0. The Hall–Kier alpha value is -0.410. The third kappa shape index (κ3) is 6.36. The van der Waals surface area contributed by atoms with Gasteiger partial charge in [0, 0.05) is 50.2 Å². The van der Waals surface area contributed by atoms with Crippen LogP contribution >= 0.6 is 35.3 Å². The van der Waals surface area contributed by atoms with Gasteiger partial charge in [0.2, 0.25) is 0 Å². The van der Waals surface area contributed by atoms with Gasteiger partial charge in [-0.15, -0.1) is 35.3 Å². The van der Waals surface area contributed by atoms with Crippen LogP contribution in [0.15, 0.2) is 11.2 Å². The standard InChI is InChI=1S/C18H31N5S.HI/c1-3-19-18(20-8-6-17-21-12-15(2)24-17)23-11-7-16(14-23)13-22-9-4-5-10-22;/h12,16H,3-11,13-14H2,1-2H3,(H,19,20);1H. The van der Waals surface area contributed by atoms with Gasteiger partial charge in [-0.2, -0.15) is 0 Å². The van der Waals surface area contributed by atoms with Gasteiger partial charge in [-0.1, -0.05) is 0 Å². The third-order valence-electron chi connectivity index (χ3n) is 4.89. The molecule has 1 unspecified atom stereocenters. The quantitative estimate of drug-likeness (QED) is 0.389. The van der Waals surface area contributed by atoms with Gasteiger partial charge in [-0.05, 0) is 52.1 Å². The molecule has 0 aromatic carbocycles. The number of nitrogens with one attached hydrogen (secondary N) is 1. The predicted molar refractivity (Wildman–Crippen MR) is 117 cm³/mol. The highest BCUT2D eigenvalue weighted by Crippen LogP contribution is 2.20. The molecule has 7 heteroatoms. The molecule has 2 aliphatic rings. The van der Waals surface area contributed by atoms with Crippen molar-refractivity contribution < 1.29 is 0 Å². The van der Waals surface area contributed by atoms with Crippen LogP contribution in [-0.4, -0.2) is 66.6 Å². The molecule has 25 heavy (non-hydrogen) atoms. The van der Waals surface area contributed by atoms with E-state index in [1.165, 1.54) is 48.8 Å². The molecule has 1 aromatic heterocycles. The average molecular weight is 477 g/mol. The summed E-state index contributed by atoms with van der Waals surface area (Å²) in [5.74, 6) is 1.89. The Labute approximate surface area is 173 Å². The van der Waals surface area contributed by atoms with E-state index in [0.717, 1.165) is 44.5 Å². The highest BCUT2D eigenvalue weighted by molar-refractivity contribution is 14.0. The van der Waals surface area contributed by atoms with Gasteiger partial charge in [-0.25, -0.2) is 4.98 Å². The maximum absolute atomic E-state index is 4.85. The molecule has 2 saturated heterocycles. The SMILES string of the molecule is CCNC(=NCCc1ncc(C)s1)N1CCC(CN2CCCC2)C1.I. The van der Waals surface area contributed by atoms with Gasteiger partial charge in [-0.3, -0.25) is 4.99 Å². The lowest BCUT2D eigenvalue weighted by Gasteiger charge is -2.23. The number of nitrogens with zero attached hydrogens (tertiary/aromatic N) is 4. The highest BCUT2D eigenvalue weighted by atomic mass is 127. The van der Waals surface area contributed by atoms with Crippen molar-refractivity contribution in [1.82, 2.24) is 20.1 Å². The number of halogens is 1. The molecule has 0 bridgehead atoms. The van der Waals surface area contributed by atoms with Crippen molar-refractivity contribution in [2.24, 2.45) is 10.9 Å². The molecule has 5 nitrogen and oxygen atoms in total. The second-order valence-corrected chi connectivity index (χ2v) is 8.28. The number of hydrogen-bond donors (Lipinski definition) is 1. The van der Waals surface area contributed by atoms with Crippen molar-refractivity contribution in [3.05, 3.63) is 16.1 Å². The van der Waals surface area contributed by atoms with Crippen LogP contribution in [0.5, 0.6) is 0 Å². The van der Waals surface area contributed by atoms with Crippen molar-refractivity contribution >= 4 is 41.3 Å². The summed E-state index contributed by atoms with van der Waals surface area (Å²) >= 11 is 1.78. The Morgan fingerprint density at radius 2 is 2.16 bits per heavy atom. The van der Waals surface area contributed by atoms with Crippen LogP contribution in [0.4, 0.5) is 0 Å². The van der Waals surface area contributed by atoms with E-state index >= 15 is 0 Å². The normalized spacial score (nSPS) is 21.6. The number of aromatic nitrogens is 1. The molecular formula is C18H32IN5S. The summed E-state index contributed by atoms with van der Waals surface area (Å²) in [5.41, 5.74) is 0. The van der Waals surface area contributed by atoms with Gasteiger partial charge in [0.15, 0.2) is 5.96 Å². The smallest absolute Gasteiger partial charge is 0.193 e. The molecule has 0 spiro atoms. The van der Waals surface area contributed by atoms with Gasteiger partial charge >= 0.3 is 0 Å². The molecule has 3 rings (SSSR count). The Balaban J connectivity index is 0.00000225. The molecule has 0 amide bonds. The van der Waals surface area contributed by atoms with Crippen LogP contribution in [0.1, 0.15) is 36.1 Å². The molecule has 0 aliphatic carbocycles. The van der Waals surface area contributed by atoms with Crippen LogP contribution in [0.25, 0.3) is 0 Å². The first-order valence-electron chi connectivity index (χ1n) is 9.41. The maximum Gasteiger partial charge on any atom is 0.193 e. The second-order valence-electron chi connectivity index (χ2n) is 6.96. The third-order valence-corrected chi connectivity index (χ3v) is 5.86. The van der Waals surface area contributed by atoms with E-state index < -0.39 is 0 Å². The molecule has 1 aromatic rings. The Morgan fingerprint density at radius 3 is 2.84 bits per heavy atom. The topological polar surface area (TPSA) is 43.8 Å². The number of hydrogen-bond acceptors (Lipinski definition) is 4. The molecule has 3 heterocycles. The number of rotatable bonds is 6. The zero-order chi connectivity index (χ0) is 16.8. The molecule has 142 valence electrons. The van der Waals surface area contributed by atoms with Crippen molar-refractivity contribution in [1.29, 1.82) is 0 Å². The highest BCUT2D eigenvalue weighted by Gasteiger charge is 2.27. The van der Waals surface area contributed by atoms with Crippen LogP contribution in [-0.2, 0) is 6.42 Å². The number of aryl methyl sites for hydroxylation is 1. The van der Waals surface area contributed by atoms with E-state index in [1.54, 1.807) is 11.3 Å². The lowest BCUT2D eigenvalue weighted by Crippen LogP contribution is -2.41. The van der Waals surface area contributed by atoms with Crippen molar-refractivity contribution in [2.45, 2.75) is 39.5 Å². The van der Waals surface area contributed by atoms with Crippen LogP contribution in [0.2, 0.25) is 0 Å². The van der Waals surface area contributed by atoms with Crippen molar-refractivity contribution in [3.63, 3.8) is 0 Å². The Morgan fingerprint density at radius 1 is 1.36 bits per heavy atom. The van der Waals surface area contributed by atoms with Gasteiger partial charge < -0.3 is 15.1 Å². The monoisotopic (exact) mass is 477 g/mol. The molecule has 2 fully saturated rings. The number of guanidine groups is 1. The van der Waals surface area contributed by atoms with Crippen LogP contribution in [0, 0.1) is 12.8 Å². The number of aliphatic imine (C=N–C) groups is 1. The average Bonchev–Trinajstić information content (AvgIpc) is 3.30. The number of likely N-dealkylation sites (tertiary alicyclic amines) is 2. The molecule has 1 atom stereocenters. The summed E-state index contributed by atoms with van der Waals surface area (Å²) in [7, 11) is 0. The first-order valence-corrected chi connectivity index (χ1v) is 10.2. The first-order chi connectivity index (χ1) is 11.7. The summed E-state index contributed by atoms with van der Waals surface area (Å²) in [5, 5.41) is 4.67. The largest absolute Gasteiger partial charge is 0.357 e. The van der Waals surface area contributed by atoms with Crippen LogP contribution in [0.3, 0.4) is 0 Å². The van der Waals surface area contributed by atoms with Crippen LogP contribution < -0.4 is 5.32 Å². The van der Waals surface area contributed by atoms with E-state index in [-0.39, 0.29) is 24.0 Å². The molecule has 0 radical (unpaired) electrons. The fourth-order valence-corrected chi connectivity index (χ4v) is 4.48. The van der Waals surface area contributed by atoms with Gasteiger partial charge in [0.1, 0.15) is 0 Å². The zero-order valence-electron chi connectivity index (χ0n) is 15.5. The van der Waals surface area contributed by atoms with Crippen molar-refractivity contribution in [3.8, 4) is 0 Å². The Kier molecular flexibility index (Phi) is 8.92. The molecule has 0 saturated carbocycles. The van der Waals surface area contributed by atoms with Gasteiger partial charge in [0.25, 0.3) is 0 Å².